The van der Waals surface area contributed by atoms with E-state index < -0.39 is 29.3 Å². The zero-order chi connectivity index (χ0) is 20.4. The summed E-state index contributed by atoms with van der Waals surface area (Å²) in [5.74, 6) is 6.49. The molecule has 0 aromatic heterocycles. The van der Waals surface area contributed by atoms with Crippen LogP contribution in [-0.4, -0.2) is 29.3 Å². The maximum absolute atomic E-state index is 3.56. The van der Waals surface area contributed by atoms with Crippen LogP contribution in [0.25, 0.3) is 0 Å². The van der Waals surface area contributed by atoms with Crippen molar-refractivity contribution in [3.8, 4) is 21.3 Å². The number of hydrogen-bond donors (Lipinski definition) is 0. The van der Waals surface area contributed by atoms with Crippen molar-refractivity contribution in [2.45, 2.75) is 0 Å². The van der Waals surface area contributed by atoms with Crippen molar-refractivity contribution in [3.63, 3.8) is 0 Å². The van der Waals surface area contributed by atoms with Gasteiger partial charge in [0.15, 0.2) is 0 Å². The van der Waals surface area contributed by atoms with Gasteiger partial charge in [-0.2, -0.15) is 0 Å². The quantitative estimate of drug-likeness (QED) is 0.295. The first-order chi connectivity index (χ1) is 14.9. The zero-order valence-corrected chi connectivity index (χ0v) is 20.2. The third kappa shape index (κ3) is 5.38. The SMILES string of the molecule is C(C#C[As](c1ccccc1)c1ccccc1)#C[As](c1ccccc1)c1ccccc1. The Morgan fingerprint density at radius 3 is 0.800 bits per heavy atom. The van der Waals surface area contributed by atoms with Gasteiger partial charge in [-0.3, -0.25) is 0 Å². The van der Waals surface area contributed by atoms with E-state index in [4.69, 9.17) is 0 Å². The molecule has 142 valence electrons. The first kappa shape index (κ1) is 20.4. The van der Waals surface area contributed by atoms with Gasteiger partial charge >= 0.3 is 189 Å². The molecule has 0 saturated carbocycles. The van der Waals surface area contributed by atoms with Crippen LogP contribution in [-0.2, 0) is 0 Å². The third-order valence-electron chi connectivity index (χ3n) is 4.46. The van der Waals surface area contributed by atoms with E-state index in [9.17, 15) is 0 Å². The molecule has 0 spiro atoms. The molecule has 4 aromatic rings. The van der Waals surface area contributed by atoms with Crippen molar-refractivity contribution in [2.75, 3.05) is 0 Å². The second kappa shape index (κ2) is 10.8. The summed E-state index contributed by atoms with van der Waals surface area (Å²) in [5, 5.41) is 0. The van der Waals surface area contributed by atoms with Gasteiger partial charge in [0.25, 0.3) is 0 Å². The summed E-state index contributed by atoms with van der Waals surface area (Å²) in [6.07, 6.45) is 0. The molecule has 0 fully saturated rings. The van der Waals surface area contributed by atoms with E-state index in [1.807, 2.05) is 0 Å². The molecule has 0 aliphatic rings. The number of hydrogen-bond acceptors (Lipinski definition) is 0. The topological polar surface area (TPSA) is 0 Å². The fourth-order valence-electron chi connectivity index (χ4n) is 3.03. The molecule has 0 saturated heterocycles. The summed E-state index contributed by atoms with van der Waals surface area (Å²) in [5.41, 5.74) is 0. The fraction of sp³-hybridized carbons (Fsp3) is 0. The Hall–Kier alpha value is -2.88. The van der Waals surface area contributed by atoms with Gasteiger partial charge in [-0.05, 0) is 0 Å². The van der Waals surface area contributed by atoms with Crippen molar-refractivity contribution < 1.29 is 0 Å². The van der Waals surface area contributed by atoms with Gasteiger partial charge < -0.3 is 0 Å². The molecule has 2 heteroatoms. The van der Waals surface area contributed by atoms with Crippen LogP contribution < -0.4 is 17.4 Å². The first-order valence-electron chi connectivity index (χ1n) is 9.73. The van der Waals surface area contributed by atoms with E-state index in [0.29, 0.717) is 0 Å². The molecule has 0 amide bonds. The Morgan fingerprint density at radius 2 is 0.567 bits per heavy atom. The molecule has 0 aliphatic carbocycles. The zero-order valence-electron chi connectivity index (χ0n) is 16.4. The van der Waals surface area contributed by atoms with Crippen molar-refractivity contribution in [3.05, 3.63) is 121 Å². The van der Waals surface area contributed by atoms with Crippen LogP contribution in [0.5, 0.6) is 0 Å². The van der Waals surface area contributed by atoms with Gasteiger partial charge in [0.05, 0.1) is 0 Å². The third-order valence-corrected chi connectivity index (χ3v) is 12.7. The first-order valence-corrected chi connectivity index (χ1v) is 15.4. The predicted octanol–water partition coefficient (Wildman–Crippen LogP) is 2.69. The summed E-state index contributed by atoms with van der Waals surface area (Å²) < 4.78 is 12.5. The Balaban J connectivity index is 1.67. The van der Waals surface area contributed by atoms with Crippen LogP contribution >= 0.6 is 0 Å². The van der Waals surface area contributed by atoms with Crippen molar-refractivity contribution >= 4 is 46.7 Å². The normalized spacial score (nSPS) is 10.1. The molecule has 0 bridgehead atoms. The molecule has 0 radical (unpaired) electrons. The molecule has 0 heterocycles. The second-order valence-electron chi connectivity index (χ2n) is 6.49. The average molecular weight is 506 g/mol. The van der Waals surface area contributed by atoms with Crippen molar-refractivity contribution in [2.24, 2.45) is 0 Å². The fourth-order valence-corrected chi connectivity index (χ4v) is 10.0. The molecule has 30 heavy (non-hydrogen) atoms. The summed E-state index contributed by atoms with van der Waals surface area (Å²) in [7, 11) is 0. The molecule has 0 unspecified atom stereocenters. The number of benzene rings is 4. The van der Waals surface area contributed by atoms with Gasteiger partial charge in [-0.15, -0.1) is 0 Å². The molecule has 4 rings (SSSR count). The minimum absolute atomic E-state index is 1.34. The van der Waals surface area contributed by atoms with Crippen LogP contribution in [0.4, 0.5) is 0 Å². The van der Waals surface area contributed by atoms with Crippen LogP contribution in [0, 0.1) is 21.3 Å². The molecular formula is C28H20As2. The standard InChI is InChI=1S/C28H20As2/c1-5-15-25(16-6-1)29(26-17-7-2-8-18-26)23-13-14-24-30(27-19-9-3-10-20-27)28-21-11-4-12-22-28/h1-12,15-22H. The molecule has 0 aliphatic heterocycles. The van der Waals surface area contributed by atoms with Gasteiger partial charge in [0, 0.05) is 0 Å². The van der Waals surface area contributed by atoms with Crippen LogP contribution in [0.2, 0.25) is 0 Å². The molecule has 0 nitrogen and oxygen atoms in total. The van der Waals surface area contributed by atoms with Crippen molar-refractivity contribution in [1.82, 2.24) is 0 Å². The van der Waals surface area contributed by atoms with E-state index in [1.165, 1.54) is 17.4 Å². The van der Waals surface area contributed by atoms with E-state index in [0.717, 1.165) is 0 Å². The maximum atomic E-state index is 3.56. The average Bonchev–Trinajstić information content (AvgIpc) is 2.84. The van der Waals surface area contributed by atoms with E-state index in [2.05, 4.69) is 143 Å². The monoisotopic (exact) mass is 506 g/mol. The predicted molar refractivity (Wildman–Crippen MR) is 131 cm³/mol. The summed E-state index contributed by atoms with van der Waals surface area (Å²) in [4.78, 5) is 0. The Morgan fingerprint density at radius 1 is 0.333 bits per heavy atom. The van der Waals surface area contributed by atoms with E-state index in [1.54, 1.807) is 0 Å². The molecule has 0 N–H and O–H groups in total. The summed E-state index contributed by atoms with van der Waals surface area (Å²) in [6, 6.07) is 42.6. The van der Waals surface area contributed by atoms with E-state index >= 15 is 0 Å². The van der Waals surface area contributed by atoms with Gasteiger partial charge in [-0.1, -0.05) is 0 Å². The van der Waals surface area contributed by atoms with Gasteiger partial charge in [0.2, 0.25) is 0 Å². The molecule has 4 aromatic carbocycles. The van der Waals surface area contributed by atoms with E-state index in [-0.39, 0.29) is 0 Å². The van der Waals surface area contributed by atoms with Crippen LogP contribution in [0.1, 0.15) is 0 Å². The van der Waals surface area contributed by atoms with Gasteiger partial charge in [0.1, 0.15) is 0 Å². The van der Waals surface area contributed by atoms with Crippen LogP contribution in [0.3, 0.4) is 0 Å². The summed E-state index contributed by atoms with van der Waals surface area (Å²) >= 11 is -3.38. The van der Waals surface area contributed by atoms with Gasteiger partial charge in [-0.25, -0.2) is 0 Å². The molecular weight excluding hydrogens is 486 g/mol. The Bertz CT molecular complexity index is 1000. The minimum atomic E-state index is -1.69. The Kier molecular flexibility index (Phi) is 7.32. The summed E-state index contributed by atoms with van der Waals surface area (Å²) in [6.45, 7) is 0. The molecule has 0 atom stereocenters. The Labute approximate surface area is 188 Å². The van der Waals surface area contributed by atoms with Crippen LogP contribution in [0.15, 0.2) is 121 Å². The number of rotatable bonds is 4. The van der Waals surface area contributed by atoms with Crippen molar-refractivity contribution in [1.29, 1.82) is 0 Å². The second-order valence-corrected chi connectivity index (χ2v) is 14.6.